The standard InChI is InChI=1S/C15H14BrNO2.C3H8O/c1-4-5-11(8-10(2)18-3)15-17-13-7-6-12(16)9-14(13)19-15;1-3-4-2/h4-9H,1H2,2-3H3;3H2,1-2H3/b10-8+,11-5+;. The van der Waals surface area contributed by atoms with Crippen LogP contribution in [-0.4, -0.2) is 25.8 Å². The van der Waals surface area contributed by atoms with Crippen LogP contribution in [0.5, 0.6) is 0 Å². The Morgan fingerprint density at radius 1 is 1.39 bits per heavy atom. The largest absolute Gasteiger partial charge is 0.501 e. The number of hydrogen-bond acceptors (Lipinski definition) is 4. The summed E-state index contributed by atoms with van der Waals surface area (Å²) in [5, 5.41) is 0. The Balaban J connectivity index is 0.000000593. The second-order valence-corrected chi connectivity index (χ2v) is 5.44. The van der Waals surface area contributed by atoms with E-state index in [1.54, 1.807) is 20.3 Å². The highest BCUT2D eigenvalue weighted by atomic mass is 79.9. The van der Waals surface area contributed by atoms with Gasteiger partial charge in [0, 0.05) is 23.8 Å². The highest BCUT2D eigenvalue weighted by molar-refractivity contribution is 9.10. The zero-order valence-corrected chi connectivity index (χ0v) is 15.5. The minimum absolute atomic E-state index is 0.546. The zero-order valence-electron chi connectivity index (χ0n) is 13.9. The van der Waals surface area contributed by atoms with Gasteiger partial charge in [-0.15, -0.1) is 0 Å². The fraction of sp³-hybridized carbons (Fsp3) is 0.278. The average molecular weight is 380 g/mol. The van der Waals surface area contributed by atoms with Gasteiger partial charge in [-0.2, -0.15) is 0 Å². The number of nitrogens with zero attached hydrogens (tertiary/aromatic N) is 1. The molecular formula is C18H22BrNO3. The molecule has 0 aliphatic carbocycles. The summed E-state index contributed by atoms with van der Waals surface area (Å²) in [7, 11) is 3.31. The van der Waals surface area contributed by atoms with Crippen molar-refractivity contribution in [3.05, 3.63) is 59.1 Å². The van der Waals surface area contributed by atoms with Crippen LogP contribution in [0.3, 0.4) is 0 Å². The number of allylic oxidation sites excluding steroid dienone is 5. The lowest BCUT2D eigenvalue weighted by molar-refractivity contribution is 0.215. The Morgan fingerprint density at radius 2 is 2.09 bits per heavy atom. The van der Waals surface area contributed by atoms with Gasteiger partial charge in [0.25, 0.3) is 0 Å². The maximum Gasteiger partial charge on any atom is 0.227 e. The Morgan fingerprint density at radius 3 is 2.65 bits per heavy atom. The normalized spacial score (nSPS) is 11.9. The highest BCUT2D eigenvalue weighted by Crippen LogP contribution is 2.25. The number of halogens is 1. The third-order valence-corrected chi connectivity index (χ3v) is 3.36. The molecule has 0 aliphatic heterocycles. The van der Waals surface area contributed by atoms with Gasteiger partial charge in [0.05, 0.1) is 12.9 Å². The number of aromatic nitrogens is 1. The zero-order chi connectivity index (χ0) is 17.2. The van der Waals surface area contributed by atoms with Gasteiger partial charge in [-0.05, 0) is 38.1 Å². The number of methoxy groups -OCH3 is 2. The summed E-state index contributed by atoms with van der Waals surface area (Å²) < 4.78 is 16.4. The van der Waals surface area contributed by atoms with E-state index in [1.807, 2.05) is 44.2 Å². The quantitative estimate of drug-likeness (QED) is 0.517. The van der Waals surface area contributed by atoms with Crippen LogP contribution in [0.2, 0.25) is 0 Å². The van der Waals surface area contributed by atoms with E-state index in [4.69, 9.17) is 9.15 Å². The van der Waals surface area contributed by atoms with Crippen LogP contribution < -0.4 is 0 Å². The second-order valence-electron chi connectivity index (χ2n) is 4.53. The van der Waals surface area contributed by atoms with Gasteiger partial charge in [-0.3, -0.25) is 0 Å². The maximum atomic E-state index is 5.75. The maximum absolute atomic E-state index is 5.75. The molecule has 1 aromatic carbocycles. The molecule has 0 saturated carbocycles. The molecule has 0 bridgehead atoms. The number of oxazole rings is 1. The summed E-state index contributed by atoms with van der Waals surface area (Å²) in [6.07, 6.45) is 5.39. The molecule has 124 valence electrons. The molecule has 0 fully saturated rings. The molecule has 0 N–H and O–H groups in total. The molecule has 1 aromatic heterocycles. The predicted molar refractivity (Wildman–Crippen MR) is 98.2 cm³/mol. The minimum Gasteiger partial charge on any atom is -0.501 e. The Hall–Kier alpha value is -1.85. The first-order valence-corrected chi connectivity index (χ1v) is 7.95. The van der Waals surface area contributed by atoms with E-state index in [1.165, 1.54) is 0 Å². The molecule has 0 atom stereocenters. The molecule has 2 aromatic rings. The Bertz CT molecular complexity index is 699. The van der Waals surface area contributed by atoms with E-state index in [-0.39, 0.29) is 0 Å². The van der Waals surface area contributed by atoms with Crippen LogP contribution in [0.15, 0.2) is 57.7 Å². The second kappa shape index (κ2) is 10.0. The van der Waals surface area contributed by atoms with Crippen molar-refractivity contribution in [2.45, 2.75) is 13.8 Å². The summed E-state index contributed by atoms with van der Waals surface area (Å²) in [5.41, 5.74) is 2.38. The predicted octanol–water partition coefficient (Wildman–Crippen LogP) is 5.36. The van der Waals surface area contributed by atoms with Crippen LogP contribution in [0.1, 0.15) is 19.7 Å². The van der Waals surface area contributed by atoms with Gasteiger partial charge in [-0.1, -0.05) is 34.7 Å². The van der Waals surface area contributed by atoms with E-state index in [0.29, 0.717) is 5.89 Å². The van der Waals surface area contributed by atoms with Gasteiger partial charge in [-0.25, -0.2) is 4.98 Å². The van der Waals surface area contributed by atoms with Gasteiger partial charge >= 0.3 is 0 Å². The highest BCUT2D eigenvalue weighted by Gasteiger charge is 2.09. The van der Waals surface area contributed by atoms with Crippen LogP contribution in [0, 0.1) is 0 Å². The molecule has 2 rings (SSSR count). The van der Waals surface area contributed by atoms with E-state index in [9.17, 15) is 0 Å². The summed E-state index contributed by atoms with van der Waals surface area (Å²) in [4.78, 5) is 4.46. The first kappa shape index (κ1) is 19.2. The average Bonchev–Trinajstić information content (AvgIpc) is 2.97. The molecule has 4 nitrogen and oxygen atoms in total. The van der Waals surface area contributed by atoms with Crippen molar-refractivity contribution in [1.29, 1.82) is 0 Å². The summed E-state index contributed by atoms with van der Waals surface area (Å²) in [5.74, 6) is 1.32. The van der Waals surface area contributed by atoms with E-state index >= 15 is 0 Å². The summed E-state index contributed by atoms with van der Waals surface area (Å²) >= 11 is 3.41. The SMILES string of the molecule is C=C/C=C(\C=C(/C)OC)c1nc2ccc(Br)cc2o1.CCOC. The molecule has 0 amide bonds. The molecular weight excluding hydrogens is 358 g/mol. The lowest BCUT2D eigenvalue weighted by atomic mass is 10.2. The lowest BCUT2D eigenvalue weighted by Crippen LogP contribution is -1.85. The first-order valence-electron chi connectivity index (χ1n) is 7.16. The molecule has 1 heterocycles. The van der Waals surface area contributed by atoms with Gasteiger partial charge < -0.3 is 13.9 Å². The fourth-order valence-electron chi connectivity index (χ4n) is 1.61. The number of fused-ring (bicyclic) bond motifs is 1. The molecule has 0 saturated heterocycles. The third kappa shape index (κ3) is 6.04. The number of hydrogen-bond donors (Lipinski definition) is 0. The third-order valence-electron chi connectivity index (χ3n) is 2.86. The number of rotatable bonds is 5. The summed E-state index contributed by atoms with van der Waals surface area (Å²) in [6.45, 7) is 8.35. The summed E-state index contributed by atoms with van der Waals surface area (Å²) in [6, 6.07) is 5.73. The van der Waals surface area contributed by atoms with Crippen LogP contribution in [0.25, 0.3) is 16.7 Å². The van der Waals surface area contributed by atoms with Crippen molar-refractivity contribution in [1.82, 2.24) is 4.98 Å². The number of ether oxygens (including phenoxy) is 2. The fourth-order valence-corrected chi connectivity index (χ4v) is 1.95. The van der Waals surface area contributed by atoms with Gasteiger partial charge in [0.15, 0.2) is 5.58 Å². The monoisotopic (exact) mass is 379 g/mol. The van der Waals surface area contributed by atoms with Crippen LogP contribution >= 0.6 is 15.9 Å². The van der Waals surface area contributed by atoms with E-state index in [2.05, 4.69) is 32.2 Å². The van der Waals surface area contributed by atoms with Crippen molar-refractivity contribution < 1.29 is 13.9 Å². The van der Waals surface area contributed by atoms with Crippen LogP contribution in [0.4, 0.5) is 0 Å². The van der Waals surface area contributed by atoms with Crippen molar-refractivity contribution in [2.75, 3.05) is 20.8 Å². The van der Waals surface area contributed by atoms with Gasteiger partial charge in [0.1, 0.15) is 5.52 Å². The first-order chi connectivity index (χ1) is 11.0. The topological polar surface area (TPSA) is 44.5 Å². The Kier molecular flexibility index (Phi) is 8.37. The Labute approximate surface area is 145 Å². The molecule has 0 spiro atoms. The lowest BCUT2D eigenvalue weighted by Gasteiger charge is -1.99. The molecule has 0 radical (unpaired) electrons. The van der Waals surface area contributed by atoms with Gasteiger partial charge in [0.2, 0.25) is 5.89 Å². The van der Waals surface area contributed by atoms with Crippen molar-refractivity contribution in [3.63, 3.8) is 0 Å². The molecule has 0 unspecified atom stereocenters. The van der Waals surface area contributed by atoms with E-state index < -0.39 is 0 Å². The van der Waals surface area contributed by atoms with Crippen LogP contribution in [-0.2, 0) is 9.47 Å². The van der Waals surface area contributed by atoms with Crippen molar-refractivity contribution in [2.24, 2.45) is 0 Å². The minimum atomic E-state index is 0.546. The van der Waals surface area contributed by atoms with Crippen molar-refractivity contribution >= 4 is 32.6 Å². The molecule has 5 heteroatoms. The van der Waals surface area contributed by atoms with E-state index in [0.717, 1.165) is 33.5 Å². The molecule has 23 heavy (non-hydrogen) atoms. The smallest absolute Gasteiger partial charge is 0.227 e. The number of benzene rings is 1. The van der Waals surface area contributed by atoms with Crippen molar-refractivity contribution in [3.8, 4) is 0 Å². The molecule has 0 aliphatic rings.